The lowest BCUT2D eigenvalue weighted by atomic mass is 10.1. The molecule has 7 heteroatoms. The van der Waals surface area contributed by atoms with Gasteiger partial charge in [0.2, 0.25) is 5.78 Å². The first-order valence-electron chi connectivity index (χ1n) is 4.90. The number of anilines is 1. The maximum atomic E-state index is 11.6. The summed E-state index contributed by atoms with van der Waals surface area (Å²) in [6, 6.07) is 0.771. The molecule has 1 aromatic heterocycles. The number of hydrazine groups is 1. The summed E-state index contributed by atoms with van der Waals surface area (Å²) in [6.07, 6.45) is 2.55. The molecule has 1 amide bonds. The predicted molar refractivity (Wildman–Crippen MR) is 56.2 cm³/mol. The van der Waals surface area contributed by atoms with E-state index in [1.54, 1.807) is 0 Å². The molecule has 7 nitrogen and oxygen atoms in total. The van der Waals surface area contributed by atoms with Crippen molar-refractivity contribution >= 4 is 17.5 Å². The molecule has 1 atom stereocenters. The Balaban J connectivity index is 2.56. The third-order valence-electron chi connectivity index (χ3n) is 2.00. The molecular formula is C9H14N4O3. The minimum Gasteiger partial charge on any atom is -0.363 e. The first-order chi connectivity index (χ1) is 7.69. The molecule has 0 aliphatic heterocycles. The third-order valence-corrected chi connectivity index (χ3v) is 2.00. The fraction of sp³-hybridized carbons (Fsp3) is 0.444. The molecule has 0 aromatic carbocycles. The normalized spacial score (nSPS) is 12.1. The van der Waals surface area contributed by atoms with E-state index in [1.807, 2.05) is 6.92 Å². The Morgan fingerprint density at radius 3 is 2.88 bits per heavy atom. The van der Waals surface area contributed by atoms with Crippen molar-refractivity contribution in [2.45, 2.75) is 25.8 Å². The standard InChI is InChI=1S/C9H14N4O3/c1-2-3-6(12-10)8(14)9(15)11-7-4-5-16-13-7/h4-6,12H,2-3,10H2,1H3,(H,11,13,15). The molecule has 1 aromatic rings. The van der Waals surface area contributed by atoms with Crippen molar-refractivity contribution in [3.8, 4) is 0 Å². The highest BCUT2D eigenvalue weighted by molar-refractivity contribution is 6.42. The first-order valence-corrected chi connectivity index (χ1v) is 4.90. The molecule has 1 unspecified atom stereocenters. The van der Waals surface area contributed by atoms with Gasteiger partial charge in [0.05, 0.1) is 6.04 Å². The summed E-state index contributed by atoms with van der Waals surface area (Å²) in [5.74, 6) is 4.01. The lowest BCUT2D eigenvalue weighted by Gasteiger charge is -2.12. The molecule has 4 N–H and O–H groups in total. The number of amides is 1. The quantitative estimate of drug-likeness (QED) is 0.352. The number of rotatable bonds is 6. The molecule has 0 bridgehead atoms. The average molecular weight is 226 g/mol. The van der Waals surface area contributed by atoms with Gasteiger partial charge in [0.25, 0.3) is 5.91 Å². The average Bonchev–Trinajstić information content (AvgIpc) is 2.77. The van der Waals surface area contributed by atoms with Gasteiger partial charge in [-0.1, -0.05) is 18.5 Å². The van der Waals surface area contributed by atoms with E-state index >= 15 is 0 Å². The van der Waals surface area contributed by atoms with Gasteiger partial charge < -0.3 is 9.84 Å². The fourth-order valence-corrected chi connectivity index (χ4v) is 1.19. The summed E-state index contributed by atoms with van der Waals surface area (Å²) in [6.45, 7) is 1.90. The largest absolute Gasteiger partial charge is 0.363 e. The summed E-state index contributed by atoms with van der Waals surface area (Å²) in [5, 5.41) is 5.76. The summed E-state index contributed by atoms with van der Waals surface area (Å²) in [7, 11) is 0. The molecule has 16 heavy (non-hydrogen) atoms. The number of aromatic nitrogens is 1. The number of nitrogens with one attached hydrogen (secondary N) is 2. The molecule has 0 spiro atoms. The van der Waals surface area contributed by atoms with Crippen molar-refractivity contribution in [1.82, 2.24) is 10.6 Å². The number of carbonyl (C=O) groups excluding carboxylic acids is 2. The van der Waals surface area contributed by atoms with E-state index in [4.69, 9.17) is 5.84 Å². The monoisotopic (exact) mass is 226 g/mol. The number of hydrogen-bond acceptors (Lipinski definition) is 6. The molecule has 0 aliphatic carbocycles. The van der Waals surface area contributed by atoms with Gasteiger partial charge >= 0.3 is 0 Å². The lowest BCUT2D eigenvalue weighted by Crippen LogP contribution is -2.46. The van der Waals surface area contributed by atoms with Crippen LogP contribution in [0.15, 0.2) is 16.9 Å². The smallest absolute Gasteiger partial charge is 0.294 e. The first kappa shape index (κ1) is 12.3. The number of nitrogens with two attached hydrogens (primary N) is 1. The van der Waals surface area contributed by atoms with Crippen LogP contribution in [0.4, 0.5) is 5.82 Å². The molecule has 0 aliphatic rings. The van der Waals surface area contributed by atoms with Gasteiger partial charge in [-0.15, -0.1) is 0 Å². The van der Waals surface area contributed by atoms with Crippen LogP contribution in [0.25, 0.3) is 0 Å². The van der Waals surface area contributed by atoms with E-state index in [0.717, 1.165) is 6.42 Å². The SMILES string of the molecule is CCCC(NN)C(=O)C(=O)Nc1ccon1. The Hall–Kier alpha value is -1.73. The van der Waals surface area contributed by atoms with Crippen LogP contribution in [0.3, 0.4) is 0 Å². The Labute approximate surface area is 92.3 Å². The third kappa shape index (κ3) is 3.14. The fourth-order valence-electron chi connectivity index (χ4n) is 1.19. The lowest BCUT2D eigenvalue weighted by molar-refractivity contribution is -0.136. The van der Waals surface area contributed by atoms with Crippen molar-refractivity contribution in [1.29, 1.82) is 0 Å². The van der Waals surface area contributed by atoms with Crippen LogP contribution in [0, 0.1) is 0 Å². The van der Waals surface area contributed by atoms with Crippen molar-refractivity contribution in [3.63, 3.8) is 0 Å². The zero-order valence-corrected chi connectivity index (χ0v) is 8.90. The number of carbonyl (C=O) groups is 2. The number of nitrogens with zero attached hydrogens (tertiary/aromatic N) is 1. The number of Topliss-reactive ketones (excluding diaryl/α,β-unsaturated/α-hetero) is 1. The molecule has 0 saturated heterocycles. The number of hydrogen-bond donors (Lipinski definition) is 3. The second-order valence-electron chi connectivity index (χ2n) is 3.21. The van der Waals surface area contributed by atoms with E-state index in [1.165, 1.54) is 12.3 Å². The van der Waals surface area contributed by atoms with E-state index in [2.05, 4.69) is 20.4 Å². The highest BCUT2D eigenvalue weighted by Gasteiger charge is 2.23. The van der Waals surface area contributed by atoms with Crippen LogP contribution < -0.4 is 16.6 Å². The maximum absolute atomic E-state index is 11.6. The van der Waals surface area contributed by atoms with E-state index in [9.17, 15) is 9.59 Å². The van der Waals surface area contributed by atoms with Crippen LogP contribution >= 0.6 is 0 Å². The van der Waals surface area contributed by atoms with E-state index in [-0.39, 0.29) is 5.82 Å². The summed E-state index contributed by atoms with van der Waals surface area (Å²) in [5.41, 5.74) is 2.31. The van der Waals surface area contributed by atoms with Gasteiger partial charge in [-0.2, -0.15) is 0 Å². The second-order valence-corrected chi connectivity index (χ2v) is 3.21. The predicted octanol–water partition coefficient (Wildman–Crippen LogP) is -0.186. The van der Waals surface area contributed by atoms with Crippen molar-refractivity contribution in [2.75, 3.05) is 5.32 Å². The van der Waals surface area contributed by atoms with Crippen LogP contribution in [0.5, 0.6) is 0 Å². The van der Waals surface area contributed by atoms with Crippen LogP contribution in [0.2, 0.25) is 0 Å². The van der Waals surface area contributed by atoms with E-state index in [0.29, 0.717) is 6.42 Å². The highest BCUT2D eigenvalue weighted by atomic mass is 16.5. The Kier molecular flexibility index (Phi) is 4.62. The molecule has 1 rings (SSSR count). The highest BCUT2D eigenvalue weighted by Crippen LogP contribution is 2.03. The summed E-state index contributed by atoms with van der Waals surface area (Å²) in [4.78, 5) is 23.0. The van der Waals surface area contributed by atoms with Gasteiger partial charge in [0, 0.05) is 6.07 Å². The second kappa shape index (κ2) is 5.99. The molecule has 1 heterocycles. The maximum Gasteiger partial charge on any atom is 0.294 e. The topological polar surface area (TPSA) is 110 Å². The van der Waals surface area contributed by atoms with Crippen LogP contribution in [0.1, 0.15) is 19.8 Å². The van der Waals surface area contributed by atoms with Gasteiger partial charge in [0.15, 0.2) is 5.82 Å². The van der Waals surface area contributed by atoms with Crippen molar-refractivity contribution in [3.05, 3.63) is 12.3 Å². The Bertz CT molecular complexity index is 350. The minimum absolute atomic E-state index is 0.200. The van der Waals surface area contributed by atoms with E-state index < -0.39 is 17.7 Å². The van der Waals surface area contributed by atoms with Crippen LogP contribution in [-0.4, -0.2) is 22.9 Å². The van der Waals surface area contributed by atoms with Gasteiger partial charge in [0.1, 0.15) is 6.26 Å². The molecule has 0 saturated carbocycles. The zero-order valence-electron chi connectivity index (χ0n) is 8.90. The molecule has 0 radical (unpaired) electrons. The van der Waals surface area contributed by atoms with Gasteiger partial charge in [-0.05, 0) is 6.42 Å². The van der Waals surface area contributed by atoms with Crippen molar-refractivity contribution < 1.29 is 14.1 Å². The van der Waals surface area contributed by atoms with Gasteiger partial charge in [-0.25, -0.2) is 5.43 Å². The molecular weight excluding hydrogens is 212 g/mol. The molecule has 88 valence electrons. The van der Waals surface area contributed by atoms with Gasteiger partial charge in [-0.3, -0.25) is 15.4 Å². The summed E-state index contributed by atoms with van der Waals surface area (Å²) < 4.78 is 4.51. The summed E-state index contributed by atoms with van der Waals surface area (Å²) >= 11 is 0. The Morgan fingerprint density at radius 1 is 1.62 bits per heavy atom. The van der Waals surface area contributed by atoms with Crippen molar-refractivity contribution in [2.24, 2.45) is 5.84 Å². The number of ketones is 1. The Morgan fingerprint density at radius 2 is 2.38 bits per heavy atom. The van der Waals surface area contributed by atoms with Crippen LogP contribution in [-0.2, 0) is 9.59 Å². The molecule has 0 fully saturated rings. The zero-order chi connectivity index (χ0) is 12.0. The minimum atomic E-state index is -0.759.